The molecule has 1 aromatic carbocycles. The summed E-state index contributed by atoms with van der Waals surface area (Å²) < 4.78 is 47.4. The number of nitrogens with two attached hydrogens (primary N) is 1. The van der Waals surface area contributed by atoms with E-state index in [-0.39, 0.29) is 23.5 Å². The van der Waals surface area contributed by atoms with Crippen molar-refractivity contribution in [2.75, 3.05) is 13.2 Å². The number of nitrogens with one attached hydrogen (secondary N) is 1. The molecule has 8 nitrogen and oxygen atoms in total. The molecule has 26 heavy (non-hydrogen) atoms. The summed E-state index contributed by atoms with van der Waals surface area (Å²) in [6.07, 6.45) is 0.505. The topological polar surface area (TPSA) is 125 Å². The molecule has 1 saturated heterocycles. The minimum Gasteiger partial charge on any atom is -0.379 e. The van der Waals surface area contributed by atoms with Crippen LogP contribution in [0.25, 0.3) is 0 Å². The van der Waals surface area contributed by atoms with Crippen molar-refractivity contribution in [2.45, 2.75) is 24.3 Å². The lowest BCUT2D eigenvalue weighted by Gasteiger charge is -2.18. The summed E-state index contributed by atoms with van der Waals surface area (Å²) in [5, 5.41) is 11.5. The predicted octanol–water partition coefficient (Wildman–Crippen LogP) is 0.757. The zero-order valence-corrected chi connectivity index (χ0v) is 14.8. The number of hydrogen-bond acceptors (Lipinski definition) is 6. The number of primary sulfonamides is 1. The van der Waals surface area contributed by atoms with Gasteiger partial charge >= 0.3 is 0 Å². The molecule has 1 aromatic heterocycles. The molecular formula is C16H18FN3O5S. The third-order valence-corrected chi connectivity index (χ3v) is 5.08. The fraction of sp³-hybridized carbons (Fsp3) is 0.375. The van der Waals surface area contributed by atoms with Crippen LogP contribution in [0.5, 0.6) is 0 Å². The quantitative estimate of drug-likeness (QED) is 0.785. The number of carbonyl (C=O) groups is 1. The third kappa shape index (κ3) is 4.09. The molecule has 0 unspecified atom stereocenters. The summed E-state index contributed by atoms with van der Waals surface area (Å²) in [6.45, 7) is 2.48. The van der Waals surface area contributed by atoms with Gasteiger partial charge in [-0.1, -0.05) is 5.16 Å². The summed E-state index contributed by atoms with van der Waals surface area (Å²) in [5.74, 6) is -0.978. The summed E-state index contributed by atoms with van der Waals surface area (Å²) in [7, 11) is -4.04. The number of rotatable bonds is 5. The molecule has 2 heterocycles. The number of halogens is 1. The molecule has 10 heteroatoms. The van der Waals surface area contributed by atoms with Gasteiger partial charge in [0.05, 0.1) is 35.4 Å². The second kappa shape index (κ2) is 7.14. The fourth-order valence-corrected chi connectivity index (χ4v) is 3.37. The van der Waals surface area contributed by atoms with E-state index in [1.807, 2.05) is 0 Å². The Balaban J connectivity index is 1.74. The smallest absolute Gasteiger partial charge is 0.254 e. The summed E-state index contributed by atoms with van der Waals surface area (Å²) in [4.78, 5) is 12.1. The van der Waals surface area contributed by atoms with E-state index in [0.717, 1.165) is 23.9 Å². The van der Waals surface area contributed by atoms with E-state index in [0.29, 0.717) is 18.8 Å². The Morgan fingerprint density at radius 1 is 1.38 bits per heavy atom. The maximum absolute atomic E-state index is 14.0. The highest BCUT2D eigenvalue weighted by Gasteiger charge is 2.31. The van der Waals surface area contributed by atoms with Crippen LogP contribution >= 0.6 is 0 Å². The SMILES string of the molecule is Cc1cc(C[C@@H]2COC[C@@H]2NC(=O)c2cc(S(N)(=O)=O)ccc2F)on1. The molecule has 0 spiro atoms. The first-order valence-electron chi connectivity index (χ1n) is 7.87. The van der Waals surface area contributed by atoms with Crippen molar-refractivity contribution < 1.29 is 26.9 Å². The molecule has 1 fully saturated rings. The van der Waals surface area contributed by atoms with E-state index < -0.39 is 27.3 Å². The molecule has 3 N–H and O–H groups in total. The first kappa shape index (κ1) is 18.5. The van der Waals surface area contributed by atoms with Crippen LogP contribution in [-0.2, 0) is 21.2 Å². The number of benzene rings is 1. The number of hydrogen-bond donors (Lipinski definition) is 2. The van der Waals surface area contributed by atoms with Crippen molar-refractivity contribution in [3.63, 3.8) is 0 Å². The molecule has 1 aliphatic heterocycles. The van der Waals surface area contributed by atoms with Crippen LogP contribution in [0, 0.1) is 18.7 Å². The van der Waals surface area contributed by atoms with Gasteiger partial charge in [0, 0.05) is 18.4 Å². The van der Waals surface area contributed by atoms with E-state index in [9.17, 15) is 17.6 Å². The molecule has 0 radical (unpaired) electrons. The third-order valence-electron chi connectivity index (χ3n) is 4.17. The number of amides is 1. The monoisotopic (exact) mass is 383 g/mol. The lowest BCUT2D eigenvalue weighted by atomic mass is 9.97. The second-order valence-corrected chi connectivity index (χ2v) is 7.76. The van der Waals surface area contributed by atoms with E-state index in [2.05, 4.69) is 10.5 Å². The molecule has 0 saturated carbocycles. The lowest BCUT2D eigenvalue weighted by molar-refractivity contribution is 0.0920. The van der Waals surface area contributed by atoms with Crippen LogP contribution in [0.4, 0.5) is 4.39 Å². The highest BCUT2D eigenvalue weighted by atomic mass is 32.2. The minimum atomic E-state index is -4.04. The van der Waals surface area contributed by atoms with Crippen LogP contribution in [0.1, 0.15) is 21.8 Å². The molecule has 1 aliphatic rings. The summed E-state index contributed by atoms with van der Waals surface area (Å²) in [6, 6.07) is 4.26. The van der Waals surface area contributed by atoms with Gasteiger partial charge in [0.2, 0.25) is 10.0 Å². The summed E-state index contributed by atoms with van der Waals surface area (Å²) in [5.41, 5.74) is 0.360. The molecule has 2 aromatic rings. The second-order valence-electron chi connectivity index (χ2n) is 6.20. The van der Waals surface area contributed by atoms with Crippen molar-refractivity contribution in [1.29, 1.82) is 0 Å². The van der Waals surface area contributed by atoms with Gasteiger partial charge in [-0.15, -0.1) is 0 Å². The molecule has 2 atom stereocenters. The predicted molar refractivity (Wildman–Crippen MR) is 88.3 cm³/mol. The Kier molecular flexibility index (Phi) is 5.08. The summed E-state index contributed by atoms with van der Waals surface area (Å²) >= 11 is 0. The fourth-order valence-electron chi connectivity index (χ4n) is 2.83. The largest absolute Gasteiger partial charge is 0.379 e. The number of nitrogens with zero attached hydrogens (tertiary/aromatic N) is 1. The number of sulfonamides is 1. The van der Waals surface area contributed by atoms with E-state index >= 15 is 0 Å². The maximum atomic E-state index is 14.0. The number of carbonyl (C=O) groups excluding carboxylic acids is 1. The van der Waals surface area contributed by atoms with Crippen molar-refractivity contribution in [1.82, 2.24) is 10.5 Å². The van der Waals surface area contributed by atoms with Gasteiger partial charge in [0.25, 0.3) is 5.91 Å². The van der Waals surface area contributed by atoms with Crippen LogP contribution in [0.2, 0.25) is 0 Å². The van der Waals surface area contributed by atoms with Crippen molar-refractivity contribution in [2.24, 2.45) is 11.1 Å². The van der Waals surface area contributed by atoms with Crippen LogP contribution in [0.3, 0.4) is 0 Å². The van der Waals surface area contributed by atoms with Gasteiger partial charge in [-0.3, -0.25) is 4.79 Å². The maximum Gasteiger partial charge on any atom is 0.254 e. The van der Waals surface area contributed by atoms with Gasteiger partial charge in [0.15, 0.2) is 0 Å². The number of aromatic nitrogens is 1. The first-order chi connectivity index (χ1) is 12.2. The highest BCUT2D eigenvalue weighted by molar-refractivity contribution is 7.89. The Bertz CT molecular complexity index is 928. The average Bonchev–Trinajstić information content (AvgIpc) is 3.16. The van der Waals surface area contributed by atoms with E-state index in [1.165, 1.54) is 0 Å². The molecule has 1 amide bonds. The van der Waals surface area contributed by atoms with Crippen molar-refractivity contribution >= 4 is 15.9 Å². The Morgan fingerprint density at radius 2 is 2.15 bits per heavy atom. The molecular weight excluding hydrogens is 365 g/mol. The van der Waals surface area contributed by atoms with Gasteiger partial charge in [-0.25, -0.2) is 17.9 Å². The van der Waals surface area contributed by atoms with E-state index in [4.69, 9.17) is 14.4 Å². The lowest BCUT2D eigenvalue weighted by Crippen LogP contribution is -2.41. The normalized spacial score (nSPS) is 20.3. The zero-order valence-electron chi connectivity index (χ0n) is 13.9. The van der Waals surface area contributed by atoms with Gasteiger partial charge in [-0.2, -0.15) is 0 Å². The van der Waals surface area contributed by atoms with Crippen LogP contribution in [0.15, 0.2) is 33.7 Å². The number of aryl methyl sites for hydroxylation is 1. The Hall–Kier alpha value is -2.30. The van der Waals surface area contributed by atoms with Gasteiger partial charge in [0.1, 0.15) is 11.6 Å². The van der Waals surface area contributed by atoms with Gasteiger partial charge in [-0.05, 0) is 25.1 Å². The highest BCUT2D eigenvalue weighted by Crippen LogP contribution is 2.21. The van der Waals surface area contributed by atoms with Crippen molar-refractivity contribution in [3.8, 4) is 0 Å². The van der Waals surface area contributed by atoms with Crippen LogP contribution < -0.4 is 10.5 Å². The molecule has 140 valence electrons. The number of ether oxygens (including phenoxy) is 1. The minimum absolute atomic E-state index is 0.0733. The Labute approximate surface area is 149 Å². The van der Waals surface area contributed by atoms with Gasteiger partial charge < -0.3 is 14.6 Å². The molecule has 0 aliphatic carbocycles. The Morgan fingerprint density at radius 3 is 2.81 bits per heavy atom. The zero-order chi connectivity index (χ0) is 18.9. The van der Waals surface area contributed by atoms with Crippen LogP contribution in [-0.4, -0.2) is 38.7 Å². The molecule has 3 rings (SSSR count). The average molecular weight is 383 g/mol. The van der Waals surface area contributed by atoms with E-state index in [1.54, 1.807) is 13.0 Å². The first-order valence-corrected chi connectivity index (χ1v) is 9.42. The standard InChI is InChI=1S/C16H18FN3O5S/c1-9-4-11(25-20-9)5-10-7-24-8-15(10)19-16(21)13-6-12(26(18,22)23)2-3-14(13)17/h2-4,6,10,15H,5,7-8H2,1H3,(H,19,21)(H2,18,22,23)/t10-,15+/m1/s1. The molecule has 0 bridgehead atoms. The van der Waals surface area contributed by atoms with Crippen molar-refractivity contribution in [3.05, 3.63) is 47.1 Å².